The van der Waals surface area contributed by atoms with Gasteiger partial charge in [-0.2, -0.15) is 0 Å². The zero-order valence-corrected chi connectivity index (χ0v) is 16.9. The number of halogens is 1. The summed E-state index contributed by atoms with van der Waals surface area (Å²) < 4.78 is 18.9. The molecule has 3 nitrogen and oxygen atoms in total. The molecule has 2 aromatic carbocycles. The van der Waals surface area contributed by atoms with Gasteiger partial charge in [-0.15, -0.1) is 11.3 Å². The molecule has 148 valence electrons. The van der Waals surface area contributed by atoms with Gasteiger partial charge in [-0.1, -0.05) is 42.5 Å². The first-order chi connectivity index (χ1) is 13.6. The van der Waals surface area contributed by atoms with E-state index in [9.17, 15) is 9.50 Å². The van der Waals surface area contributed by atoms with Crippen molar-refractivity contribution in [3.63, 3.8) is 0 Å². The van der Waals surface area contributed by atoms with E-state index in [2.05, 4.69) is 24.0 Å². The van der Waals surface area contributed by atoms with Crippen LogP contribution < -0.4 is 0 Å². The summed E-state index contributed by atoms with van der Waals surface area (Å²) in [5.74, 6) is -0.237. The van der Waals surface area contributed by atoms with Gasteiger partial charge in [0.1, 0.15) is 5.82 Å². The SMILES string of the molecule is Cc1ccc(CN(Cc2ccc(F)cc2)C[C@H](O)COCc2ccccc2)s1. The van der Waals surface area contributed by atoms with Gasteiger partial charge in [0.2, 0.25) is 0 Å². The highest BCUT2D eigenvalue weighted by Gasteiger charge is 2.14. The first-order valence-corrected chi connectivity index (χ1v) is 10.2. The molecular weight excluding hydrogens is 373 g/mol. The molecule has 1 N–H and O–H groups in total. The lowest BCUT2D eigenvalue weighted by atomic mass is 10.2. The molecule has 0 saturated heterocycles. The first-order valence-electron chi connectivity index (χ1n) is 9.40. The van der Waals surface area contributed by atoms with Crippen molar-refractivity contribution in [2.45, 2.75) is 32.7 Å². The Morgan fingerprint density at radius 1 is 0.964 bits per heavy atom. The van der Waals surface area contributed by atoms with Crippen molar-refractivity contribution < 1.29 is 14.2 Å². The van der Waals surface area contributed by atoms with Gasteiger partial charge in [0.05, 0.1) is 19.3 Å². The van der Waals surface area contributed by atoms with Crippen LogP contribution in [0.2, 0.25) is 0 Å². The monoisotopic (exact) mass is 399 g/mol. The summed E-state index contributed by atoms with van der Waals surface area (Å²) in [5, 5.41) is 10.5. The molecule has 0 aliphatic rings. The molecule has 0 fully saturated rings. The third kappa shape index (κ3) is 6.84. The molecule has 0 aliphatic heterocycles. The number of rotatable bonds is 10. The van der Waals surface area contributed by atoms with Crippen LogP contribution in [0.3, 0.4) is 0 Å². The molecule has 3 aromatic rings. The van der Waals surface area contributed by atoms with Crippen LogP contribution in [0.15, 0.2) is 66.7 Å². The average Bonchev–Trinajstić information content (AvgIpc) is 3.09. The van der Waals surface area contributed by atoms with Crippen LogP contribution in [-0.2, 0) is 24.4 Å². The van der Waals surface area contributed by atoms with E-state index in [0.717, 1.165) is 17.7 Å². The fourth-order valence-electron chi connectivity index (χ4n) is 3.06. The number of thiophene rings is 1. The number of benzene rings is 2. The maximum Gasteiger partial charge on any atom is 0.123 e. The van der Waals surface area contributed by atoms with Gasteiger partial charge >= 0.3 is 0 Å². The highest BCUT2D eigenvalue weighted by Crippen LogP contribution is 2.19. The Kier molecular flexibility index (Phi) is 7.74. The van der Waals surface area contributed by atoms with E-state index in [0.29, 0.717) is 19.7 Å². The Morgan fingerprint density at radius 3 is 2.39 bits per heavy atom. The van der Waals surface area contributed by atoms with Gasteiger partial charge in [-0.25, -0.2) is 4.39 Å². The van der Waals surface area contributed by atoms with E-state index < -0.39 is 6.10 Å². The number of nitrogens with zero attached hydrogens (tertiary/aromatic N) is 1. The number of aliphatic hydroxyl groups excluding tert-OH is 1. The maximum atomic E-state index is 13.2. The first kappa shape index (κ1) is 20.7. The Hall–Kier alpha value is -2.05. The summed E-state index contributed by atoms with van der Waals surface area (Å²) >= 11 is 1.76. The summed E-state index contributed by atoms with van der Waals surface area (Å²) in [6.45, 7) is 4.73. The van der Waals surface area contributed by atoms with Crippen molar-refractivity contribution in [3.8, 4) is 0 Å². The van der Waals surface area contributed by atoms with Crippen LogP contribution in [0, 0.1) is 12.7 Å². The largest absolute Gasteiger partial charge is 0.389 e. The molecule has 3 rings (SSSR count). The zero-order chi connectivity index (χ0) is 19.8. The average molecular weight is 400 g/mol. The normalized spacial score (nSPS) is 12.4. The van der Waals surface area contributed by atoms with Crippen LogP contribution in [0.4, 0.5) is 4.39 Å². The summed E-state index contributed by atoms with van der Waals surface area (Å²) in [7, 11) is 0. The predicted octanol–water partition coefficient (Wildman–Crippen LogP) is 4.78. The lowest BCUT2D eigenvalue weighted by Crippen LogP contribution is -2.34. The van der Waals surface area contributed by atoms with Crippen LogP contribution >= 0.6 is 11.3 Å². The minimum absolute atomic E-state index is 0.237. The number of aliphatic hydroxyl groups is 1. The van der Waals surface area contributed by atoms with Crippen molar-refractivity contribution in [1.82, 2.24) is 4.90 Å². The third-order valence-corrected chi connectivity index (χ3v) is 5.37. The molecule has 0 amide bonds. The van der Waals surface area contributed by atoms with Gasteiger partial charge in [0.25, 0.3) is 0 Å². The summed E-state index contributed by atoms with van der Waals surface area (Å²) in [6.07, 6.45) is -0.592. The van der Waals surface area contributed by atoms with Crippen molar-refractivity contribution in [1.29, 1.82) is 0 Å². The lowest BCUT2D eigenvalue weighted by molar-refractivity contribution is 0.00728. The standard InChI is InChI=1S/C23H26FNO2S/c1-18-7-12-23(28-18)15-25(13-19-8-10-21(24)11-9-19)14-22(26)17-27-16-20-5-3-2-4-6-20/h2-12,22,26H,13-17H2,1H3/t22-/m0/s1. The van der Waals surface area contributed by atoms with Crippen molar-refractivity contribution in [3.05, 3.63) is 93.4 Å². The molecule has 5 heteroatoms. The molecule has 1 aromatic heterocycles. The highest BCUT2D eigenvalue weighted by atomic mass is 32.1. The maximum absolute atomic E-state index is 13.2. The Morgan fingerprint density at radius 2 is 1.71 bits per heavy atom. The van der Waals surface area contributed by atoms with E-state index in [1.54, 1.807) is 23.5 Å². The van der Waals surface area contributed by atoms with Crippen LogP contribution in [0.1, 0.15) is 20.9 Å². The molecule has 0 aliphatic carbocycles. The van der Waals surface area contributed by atoms with Gasteiger partial charge in [-0.3, -0.25) is 4.90 Å². The Bertz CT molecular complexity index is 835. The molecule has 0 saturated carbocycles. The Balaban J connectivity index is 1.56. The van der Waals surface area contributed by atoms with E-state index in [-0.39, 0.29) is 12.4 Å². The van der Waals surface area contributed by atoms with E-state index in [4.69, 9.17) is 4.74 Å². The van der Waals surface area contributed by atoms with Gasteiger partial charge in [-0.05, 0) is 42.3 Å². The molecule has 1 atom stereocenters. The third-order valence-electron chi connectivity index (χ3n) is 4.39. The second-order valence-corrected chi connectivity index (χ2v) is 8.34. The fraction of sp³-hybridized carbons (Fsp3) is 0.304. The van der Waals surface area contributed by atoms with Crippen LogP contribution in [0.25, 0.3) is 0 Å². The molecule has 1 heterocycles. The Labute approximate surface area is 170 Å². The molecule has 0 radical (unpaired) electrons. The minimum Gasteiger partial charge on any atom is -0.389 e. The number of ether oxygens (including phenoxy) is 1. The molecule has 0 unspecified atom stereocenters. The van der Waals surface area contributed by atoms with Crippen molar-refractivity contribution >= 4 is 11.3 Å². The molecule has 0 spiro atoms. The number of aryl methyl sites for hydroxylation is 1. The van der Waals surface area contributed by atoms with Crippen molar-refractivity contribution in [2.24, 2.45) is 0 Å². The molecule has 0 bridgehead atoms. The van der Waals surface area contributed by atoms with Crippen LogP contribution in [0.5, 0.6) is 0 Å². The van der Waals surface area contributed by atoms with Crippen molar-refractivity contribution in [2.75, 3.05) is 13.2 Å². The number of hydrogen-bond donors (Lipinski definition) is 1. The summed E-state index contributed by atoms with van der Waals surface area (Å²) in [6, 6.07) is 20.7. The lowest BCUT2D eigenvalue weighted by Gasteiger charge is -2.25. The second kappa shape index (κ2) is 10.5. The number of hydrogen-bond acceptors (Lipinski definition) is 4. The van der Waals surface area contributed by atoms with E-state index in [1.807, 2.05) is 30.3 Å². The van der Waals surface area contributed by atoms with Gasteiger partial charge < -0.3 is 9.84 Å². The minimum atomic E-state index is -0.592. The van der Waals surface area contributed by atoms with Crippen LogP contribution in [-0.4, -0.2) is 29.3 Å². The molecular formula is C23H26FNO2S. The van der Waals surface area contributed by atoms with E-state index in [1.165, 1.54) is 21.9 Å². The topological polar surface area (TPSA) is 32.7 Å². The molecule has 28 heavy (non-hydrogen) atoms. The summed E-state index contributed by atoms with van der Waals surface area (Å²) in [5.41, 5.74) is 2.11. The van der Waals surface area contributed by atoms with Gasteiger partial charge in [0, 0.05) is 29.4 Å². The van der Waals surface area contributed by atoms with Gasteiger partial charge in [0.15, 0.2) is 0 Å². The highest BCUT2D eigenvalue weighted by molar-refractivity contribution is 7.11. The summed E-state index contributed by atoms with van der Waals surface area (Å²) in [4.78, 5) is 4.69. The fourth-order valence-corrected chi connectivity index (χ4v) is 3.99. The second-order valence-electron chi connectivity index (χ2n) is 6.96. The smallest absolute Gasteiger partial charge is 0.123 e. The predicted molar refractivity (Wildman–Crippen MR) is 112 cm³/mol. The quantitative estimate of drug-likeness (QED) is 0.533. The zero-order valence-electron chi connectivity index (χ0n) is 16.1. The van der Waals surface area contributed by atoms with E-state index >= 15 is 0 Å².